The van der Waals surface area contributed by atoms with Crippen molar-refractivity contribution < 1.29 is 4.79 Å². The molecule has 0 aliphatic heterocycles. The van der Waals surface area contributed by atoms with Crippen molar-refractivity contribution in [1.82, 2.24) is 0 Å². The van der Waals surface area contributed by atoms with Crippen molar-refractivity contribution in [1.29, 1.82) is 0 Å². The first-order valence-electron chi connectivity index (χ1n) is 1.52. The fourth-order valence-corrected chi connectivity index (χ4v) is 0.164. The minimum absolute atomic E-state index is 0.422. The minimum atomic E-state index is -0.896. The van der Waals surface area contributed by atoms with Crippen LogP contribution in [0.4, 0.5) is 0 Å². The van der Waals surface area contributed by atoms with Crippen molar-refractivity contribution >= 4 is 49.7 Å². The molecule has 4 heteroatoms. The Hall–Kier alpha value is 0.920. The van der Waals surface area contributed by atoms with Crippen LogP contribution in [0.3, 0.4) is 0 Å². The first-order valence-corrected chi connectivity index (χ1v) is 3.82. The summed E-state index contributed by atoms with van der Waals surface area (Å²) in [5.41, 5.74) is 0. The molecule has 1 unspecified atom stereocenters. The van der Waals surface area contributed by atoms with E-state index in [0.29, 0.717) is 11.6 Å². The van der Waals surface area contributed by atoms with Gasteiger partial charge in [-0.3, -0.25) is 0 Å². The monoisotopic (exact) mass is 248 g/mol. The van der Waals surface area contributed by atoms with Crippen molar-refractivity contribution in [2.24, 2.45) is 0 Å². The topological polar surface area (TPSA) is 17.1 Å². The summed E-state index contributed by atoms with van der Waals surface area (Å²) in [4.78, 5) is 9.85. The highest BCUT2D eigenvalue weighted by Gasteiger charge is 2.18. The summed E-state index contributed by atoms with van der Waals surface area (Å²) < 4.78 is -0.896. The lowest BCUT2D eigenvalue weighted by atomic mass is 10.5. The quantitative estimate of drug-likeness (QED) is 0.540. The van der Waals surface area contributed by atoms with Gasteiger partial charge in [0.15, 0.2) is 10.1 Å². The SMILES string of the molecule is O=CC(Cl)(Br)CBr. The lowest BCUT2D eigenvalue weighted by molar-refractivity contribution is -0.107. The Morgan fingerprint density at radius 1 is 1.86 bits per heavy atom. The molecule has 0 aromatic carbocycles. The van der Waals surface area contributed by atoms with E-state index in [2.05, 4.69) is 31.9 Å². The summed E-state index contributed by atoms with van der Waals surface area (Å²) in [7, 11) is 0. The highest BCUT2D eigenvalue weighted by molar-refractivity contribution is 9.13. The van der Waals surface area contributed by atoms with Gasteiger partial charge in [0.2, 0.25) is 0 Å². The highest BCUT2D eigenvalue weighted by Crippen LogP contribution is 2.22. The molecule has 0 saturated heterocycles. The maximum atomic E-state index is 9.85. The maximum Gasteiger partial charge on any atom is 0.163 e. The van der Waals surface area contributed by atoms with Crippen LogP contribution in [0.1, 0.15) is 0 Å². The Morgan fingerprint density at radius 2 is 2.29 bits per heavy atom. The van der Waals surface area contributed by atoms with E-state index >= 15 is 0 Å². The second kappa shape index (κ2) is 3.05. The molecule has 0 amide bonds. The third-order valence-corrected chi connectivity index (χ3v) is 3.00. The van der Waals surface area contributed by atoms with Gasteiger partial charge in [-0.1, -0.05) is 43.5 Å². The van der Waals surface area contributed by atoms with E-state index in [-0.39, 0.29) is 0 Å². The van der Waals surface area contributed by atoms with Crippen molar-refractivity contribution in [3.8, 4) is 0 Å². The van der Waals surface area contributed by atoms with Crippen LogP contribution in [0, 0.1) is 0 Å². The zero-order valence-corrected chi connectivity index (χ0v) is 7.25. The Balaban J connectivity index is 3.58. The fourth-order valence-electron chi connectivity index (χ4n) is 0.0315. The molecule has 0 heterocycles. The van der Waals surface area contributed by atoms with E-state index in [1.807, 2.05) is 0 Å². The second-order valence-electron chi connectivity index (χ2n) is 1.01. The van der Waals surface area contributed by atoms with Crippen molar-refractivity contribution in [3.63, 3.8) is 0 Å². The van der Waals surface area contributed by atoms with Gasteiger partial charge in [-0.05, 0) is 0 Å². The number of hydrogen-bond donors (Lipinski definition) is 0. The van der Waals surface area contributed by atoms with Crippen LogP contribution >= 0.6 is 43.5 Å². The summed E-state index contributed by atoms with van der Waals surface area (Å²) in [6.45, 7) is 0. The fraction of sp³-hybridized carbons (Fsp3) is 0.667. The predicted molar refractivity (Wildman–Crippen MR) is 37.4 cm³/mol. The summed E-state index contributed by atoms with van der Waals surface area (Å²) >= 11 is 11.4. The maximum absolute atomic E-state index is 9.85. The summed E-state index contributed by atoms with van der Waals surface area (Å²) in [5.74, 6) is 0. The number of aldehydes is 1. The van der Waals surface area contributed by atoms with Crippen LogP contribution in [0.25, 0.3) is 0 Å². The molecule has 7 heavy (non-hydrogen) atoms. The molecule has 0 bridgehead atoms. The van der Waals surface area contributed by atoms with Crippen LogP contribution < -0.4 is 0 Å². The molecule has 0 aliphatic carbocycles. The van der Waals surface area contributed by atoms with Gasteiger partial charge in [0.05, 0.1) is 0 Å². The molecule has 42 valence electrons. The molecule has 0 saturated carbocycles. The number of halogens is 3. The Morgan fingerprint density at radius 3 is 2.29 bits per heavy atom. The van der Waals surface area contributed by atoms with Crippen LogP contribution in [-0.4, -0.2) is 15.4 Å². The smallest absolute Gasteiger partial charge is 0.163 e. The zero-order chi connectivity index (χ0) is 5.91. The van der Waals surface area contributed by atoms with Crippen LogP contribution in [0.15, 0.2) is 0 Å². The lowest BCUT2D eigenvalue weighted by Gasteiger charge is -2.03. The highest BCUT2D eigenvalue weighted by atomic mass is 79.9. The summed E-state index contributed by atoms with van der Waals surface area (Å²) in [6.07, 6.45) is 0.628. The molecule has 0 aliphatic rings. The molecule has 0 aromatic rings. The lowest BCUT2D eigenvalue weighted by Crippen LogP contribution is -2.14. The third-order valence-electron chi connectivity index (χ3n) is 0.351. The molecule has 0 rings (SSSR count). The van der Waals surface area contributed by atoms with Gasteiger partial charge in [-0.15, -0.1) is 0 Å². The average Bonchev–Trinajstić information content (AvgIpc) is 1.68. The molecule has 0 fully saturated rings. The number of carbonyl (C=O) groups is 1. The second-order valence-corrected chi connectivity index (χ2v) is 4.12. The zero-order valence-electron chi connectivity index (χ0n) is 3.33. The molecule has 0 N–H and O–H groups in total. The molecule has 1 nitrogen and oxygen atoms in total. The van der Waals surface area contributed by atoms with Crippen LogP contribution in [0.5, 0.6) is 0 Å². The van der Waals surface area contributed by atoms with Gasteiger partial charge >= 0.3 is 0 Å². The first kappa shape index (κ1) is 7.92. The van der Waals surface area contributed by atoms with Gasteiger partial charge in [-0.2, -0.15) is 0 Å². The molecule has 0 radical (unpaired) electrons. The Kier molecular flexibility index (Phi) is 3.45. The van der Waals surface area contributed by atoms with Crippen LogP contribution in [0.2, 0.25) is 0 Å². The number of carbonyl (C=O) groups excluding carboxylic acids is 1. The number of rotatable bonds is 2. The molecule has 1 atom stereocenters. The van der Waals surface area contributed by atoms with E-state index in [9.17, 15) is 4.79 Å². The summed E-state index contributed by atoms with van der Waals surface area (Å²) in [6, 6.07) is 0. The summed E-state index contributed by atoms with van der Waals surface area (Å²) in [5, 5.41) is 0.422. The predicted octanol–water partition coefficient (Wildman–Crippen LogP) is 1.91. The number of alkyl halides is 3. The van der Waals surface area contributed by atoms with Gasteiger partial charge in [-0.25, -0.2) is 0 Å². The molecule has 0 aromatic heterocycles. The van der Waals surface area contributed by atoms with E-state index in [4.69, 9.17) is 11.6 Å². The largest absolute Gasteiger partial charge is 0.300 e. The molecule has 0 spiro atoms. The van der Waals surface area contributed by atoms with Gasteiger partial charge in [0.1, 0.15) is 0 Å². The number of hydrogen-bond acceptors (Lipinski definition) is 1. The van der Waals surface area contributed by atoms with Crippen molar-refractivity contribution in [2.75, 3.05) is 5.33 Å². The Labute approximate surface area is 63.7 Å². The standard InChI is InChI=1S/C3H3Br2ClO/c4-1-3(5,6)2-7/h2H,1H2. The van der Waals surface area contributed by atoms with Gasteiger partial charge < -0.3 is 4.79 Å². The van der Waals surface area contributed by atoms with Crippen LogP contribution in [-0.2, 0) is 4.79 Å². The first-order chi connectivity index (χ1) is 3.12. The van der Waals surface area contributed by atoms with E-state index in [1.54, 1.807) is 0 Å². The Bertz CT molecular complexity index is 73.3. The van der Waals surface area contributed by atoms with Gasteiger partial charge in [0.25, 0.3) is 0 Å². The van der Waals surface area contributed by atoms with Crippen molar-refractivity contribution in [2.45, 2.75) is 3.78 Å². The molecular formula is C3H3Br2ClO. The average molecular weight is 250 g/mol. The molecular weight excluding hydrogens is 247 g/mol. The normalized spacial score (nSPS) is 18.1. The third kappa shape index (κ3) is 3.50. The van der Waals surface area contributed by atoms with Crippen molar-refractivity contribution in [3.05, 3.63) is 0 Å². The van der Waals surface area contributed by atoms with E-state index < -0.39 is 3.78 Å². The van der Waals surface area contributed by atoms with Gasteiger partial charge in [0, 0.05) is 5.33 Å². The minimum Gasteiger partial charge on any atom is -0.300 e. The van der Waals surface area contributed by atoms with E-state index in [0.717, 1.165) is 0 Å². The van der Waals surface area contributed by atoms with E-state index in [1.165, 1.54) is 0 Å².